The Bertz CT molecular complexity index is 476. The van der Waals surface area contributed by atoms with Gasteiger partial charge in [-0.2, -0.15) is 0 Å². The van der Waals surface area contributed by atoms with Crippen LogP contribution in [0.5, 0.6) is 5.75 Å². The summed E-state index contributed by atoms with van der Waals surface area (Å²) in [4.78, 5) is 15.7. The van der Waals surface area contributed by atoms with Crippen molar-refractivity contribution in [1.29, 1.82) is 0 Å². The molecule has 0 spiro atoms. The average molecular weight is 293 g/mol. The number of pyridine rings is 1. The maximum atomic E-state index is 11.6. The Morgan fingerprint density at radius 3 is 2.67 bits per heavy atom. The van der Waals surface area contributed by atoms with Crippen molar-refractivity contribution >= 4 is 6.09 Å². The van der Waals surface area contributed by atoms with Crippen LogP contribution in [0.25, 0.3) is 0 Å². The van der Waals surface area contributed by atoms with Crippen LogP contribution in [0.1, 0.15) is 39.3 Å². The van der Waals surface area contributed by atoms with Crippen LogP contribution in [-0.2, 0) is 11.3 Å². The van der Waals surface area contributed by atoms with Crippen LogP contribution >= 0.6 is 0 Å². The zero-order chi connectivity index (χ0) is 15.5. The van der Waals surface area contributed by atoms with Crippen LogP contribution in [-0.4, -0.2) is 33.9 Å². The molecular formula is C15H23N3O3. The number of rotatable bonds is 4. The first-order valence-electron chi connectivity index (χ1n) is 7.18. The highest BCUT2D eigenvalue weighted by Crippen LogP contribution is 2.21. The second kappa shape index (κ2) is 6.30. The molecule has 2 rings (SSSR count). The SMILES string of the molecule is CC(C)(C)OC(=O)NC1CC(NCc2ccc(O)cn2)C1. The van der Waals surface area contributed by atoms with E-state index in [0.29, 0.717) is 12.6 Å². The van der Waals surface area contributed by atoms with Crippen LogP contribution in [0.3, 0.4) is 0 Å². The van der Waals surface area contributed by atoms with E-state index in [4.69, 9.17) is 9.84 Å². The minimum atomic E-state index is -0.462. The molecule has 1 saturated carbocycles. The first-order valence-corrected chi connectivity index (χ1v) is 7.18. The summed E-state index contributed by atoms with van der Waals surface area (Å²) in [5, 5.41) is 15.4. The molecule has 1 amide bonds. The van der Waals surface area contributed by atoms with E-state index in [1.165, 1.54) is 6.20 Å². The summed E-state index contributed by atoms with van der Waals surface area (Å²) in [6.07, 6.45) is 2.85. The lowest BCUT2D eigenvalue weighted by Crippen LogP contribution is -2.53. The molecule has 6 heteroatoms. The van der Waals surface area contributed by atoms with E-state index in [2.05, 4.69) is 15.6 Å². The van der Waals surface area contributed by atoms with Crippen molar-refractivity contribution < 1.29 is 14.6 Å². The number of hydrogen-bond donors (Lipinski definition) is 3. The number of alkyl carbamates (subject to hydrolysis) is 1. The Balaban J connectivity index is 1.63. The van der Waals surface area contributed by atoms with Crippen molar-refractivity contribution in [2.75, 3.05) is 0 Å². The number of amides is 1. The smallest absolute Gasteiger partial charge is 0.407 e. The molecule has 1 aromatic rings. The molecule has 0 atom stereocenters. The van der Waals surface area contributed by atoms with Gasteiger partial charge in [-0.05, 0) is 45.7 Å². The van der Waals surface area contributed by atoms with Crippen LogP contribution in [0.4, 0.5) is 4.79 Å². The number of hydrogen-bond acceptors (Lipinski definition) is 5. The van der Waals surface area contributed by atoms with Crippen LogP contribution in [0.2, 0.25) is 0 Å². The van der Waals surface area contributed by atoms with Crippen molar-refractivity contribution in [3.8, 4) is 5.75 Å². The fourth-order valence-corrected chi connectivity index (χ4v) is 2.15. The van der Waals surface area contributed by atoms with E-state index < -0.39 is 5.60 Å². The van der Waals surface area contributed by atoms with Gasteiger partial charge in [-0.25, -0.2) is 4.79 Å². The highest BCUT2D eigenvalue weighted by molar-refractivity contribution is 5.68. The zero-order valence-corrected chi connectivity index (χ0v) is 12.7. The highest BCUT2D eigenvalue weighted by Gasteiger charge is 2.31. The lowest BCUT2D eigenvalue weighted by atomic mass is 9.87. The minimum absolute atomic E-state index is 0.170. The number of carbonyl (C=O) groups is 1. The van der Waals surface area contributed by atoms with Gasteiger partial charge in [0.15, 0.2) is 0 Å². The summed E-state index contributed by atoms with van der Waals surface area (Å²) in [6.45, 7) is 6.21. The molecule has 21 heavy (non-hydrogen) atoms. The largest absolute Gasteiger partial charge is 0.506 e. The quantitative estimate of drug-likeness (QED) is 0.790. The Hall–Kier alpha value is -1.82. The van der Waals surface area contributed by atoms with E-state index in [1.54, 1.807) is 12.1 Å². The zero-order valence-electron chi connectivity index (χ0n) is 12.7. The predicted molar refractivity (Wildman–Crippen MR) is 78.9 cm³/mol. The summed E-state index contributed by atoms with van der Waals surface area (Å²) < 4.78 is 5.22. The van der Waals surface area contributed by atoms with Crippen LogP contribution < -0.4 is 10.6 Å². The van der Waals surface area contributed by atoms with Gasteiger partial charge in [0.05, 0.1) is 11.9 Å². The third-order valence-electron chi connectivity index (χ3n) is 3.24. The molecular weight excluding hydrogens is 270 g/mol. The maximum absolute atomic E-state index is 11.6. The molecule has 1 aromatic heterocycles. The van der Waals surface area contributed by atoms with E-state index >= 15 is 0 Å². The number of nitrogens with zero attached hydrogens (tertiary/aromatic N) is 1. The number of carbonyl (C=O) groups excluding carboxylic acids is 1. The average Bonchev–Trinajstić information content (AvgIpc) is 2.31. The van der Waals surface area contributed by atoms with Crippen molar-refractivity contribution in [2.24, 2.45) is 0 Å². The van der Waals surface area contributed by atoms with Gasteiger partial charge in [-0.1, -0.05) is 0 Å². The lowest BCUT2D eigenvalue weighted by Gasteiger charge is -2.36. The molecule has 0 aromatic carbocycles. The van der Waals surface area contributed by atoms with Crippen molar-refractivity contribution in [1.82, 2.24) is 15.6 Å². The second-order valence-corrected chi connectivity index (χ2v) is 6.40. The molecule has 1 fully saturated rings. The maximum Gasteiger partial charge on any atom is 0.407 e. The summed E-state index contributed by atoms with van der Waals surface area (Å²) >= 11 is 0. The van der Waals surface area contributed by atoms with E-state index in [0.717, 1.165) is 18.5 Å². The van der Waals surface area contributed by atoms with Gasteiger partial charge in [0.1, 0.15) is 11.4 Å². The summed E-state index contributed by atoms with van der Waals surface area (Å²) in [6, 6.07) is 3.96. The van der Waals surface area contributed by atoms with Crippen molar-refractivity contribution in [3.05, 3.63) is 24.0 Å². The second-order valence-electron chi connectivity index (χ2n) is 6.40. The molecule has 116 valence electrons. The molecule has 0 aliphatic heterocycles. The van der Waals surface area contributed by atoms with E-state index in [-0.39, 0.29) is 17.9 Å². The molecule has 0 bridgehead atoms. The fourth-order valence-electron chi connectivity index (χ4n) is 2.15. The van der Waals surface area contributed by atoms with Gasteiger partial charge < -0.3 is 20.5 Å². The van der Waals surface area contributed by atoms with Crippen LogP contribution in [0.15, 0.2) is 18.3 Å². The van der Waals surface area contributed by atoms with Gasteiger partial charge in [-0.3, -0.25) is 4.98 Å². The Morgan fingerprint density at radius 1 is 1.38 bits per heavy atom. The summed E-state index contributed by atoms with van der Waals surface area (Å²) in [7, 11) is 0. The molecule has 6 nitrogen and oxygen atoms in total. The number of nitrogens with one attached hydrogen (secondary N) is 2. The minimum Gasteiger partial charge on any atom is -0.506 e. The van der Waals surface area contributed by atoms with E-state index in [9.17, 15) is 4.79 Å². The number of aromatic nitrogens is 1. The third kappa shape index (κ3) is 5.23. The van der Waals surface area contributed by atoms with Gasteiger partial charge in [0.25, 0.3) is 0 Å². The fraction of sp³-hybridized carbons (Fsp3) is 0.600. The molecule has 0 saturated heterocycles. The van der Waals surface area contributed by atoms with Gasteiger partial charge in [0.2, 0.25) is 0 Å². The highest BCUT2D eigenvalue weighted by atomic mass is 16.6. The first-order chi connectivity index (χ1) is 9.82. The lowest BCUT2D eigenvalue weighted by molar-refractivity contribution is 0.0465. The summed E-state index contributed by atoms with van der Waals surface area (Å²) in [5.41, 5.74) is 0.423. The predicted octanol–water partition coefficient (Wildman–Crippen LogP) is 1.93. The normalized spacial score (nSPS) is 21.5. The third-order valence-corrected chi connectivity index (χ3v) is 3.24. The Kier molecular flexibility index (Phi) is 4.67. The van der Waals surface area contributed by atoms with Crippen molar-refractivity contribution in [2.45, 2.75) is 57.8 Å². The molecule has 1 aliphatic rings. The number of aromatic hydroxyl groups is 1. The molecule has 0 unspecified atom stereocenters. The van der Waals surface area contributed by atoms with Gasteiger partial charge >= 0.3 is 6.09 Å². The standard InChI is InChI=1S/C15H23N3O3/c1-15(2,3)21-14(20)18-12-6-11(7-12)16-8-10-4-5-13(19)9-17-10/h4-5,9,11-12,16,19H,6-8H2,1-3H3,(H,18,20). The van der Waals surface area contributed by atoms with Crippen molar-refractivity contribution in [3.63, 3.8) is 0 Å². The Labute approximate surface area is 124 Å². The van der Waals surface area contributed by atoms with Crippen LogP contribution in [0, 0.1) is 0 Å². The van der Waals surface area contributed by atoms with E-state index in [1.807, 2.05) is 20.8 Å². The van der Waals surface area contributed by atoms with Gasteiger partial charge in [-0.15, -0.1) is 0 Å². The molecule has 1 aliphatic carbocycles. The molecule has 1 heterocycles. The topological polar surface area (TPSA) is 83.5 Å². The van der Waals surface area contributed by atoms with Gasteiger partial charge in [0, 0.05) is 18.6 Å². The molecule has 3 N–H and O–H groups in total. The first kappa shape index (κ1) is 15.6. The molecule has 0 radical (unpaired) electrons. The summed E-state index contributed by atoms with van der Waals surface area (Å²) in [5.74, 6) is 0.170. The Morgan fingerprint density at radius 2 is 2.10 bits per heavy atom. The monoisotopic (exact) mass is 293 g/mol. The number of ether oxygens (including phenoxy) is 1.